The molecule has 0 amide bonds. The van der Waals surface area contributed by atoms with Gasteiger partial charge in [0.2, 0.25) is 5.95 Å². The number of ether oxygens (including phenoxy) is 2. The lowest BCUT2D eigenvalue weighted by molar-refractivity contribution is 0.0531. The first kappa shape index (κ1) is 23.7. The van der Waals surface area contributed by atoms with Crippen LogP contribution in [0.2, 0.25) is 0 Å². The van der Waals surface area contributed by atoms with E-state index in [9.17, 15) is 4.79 Å². The maximum absolute atomic E-state index is 12.2. The molecule has 0 spiro atoms. The van der Waals surface area contributed by atoms with Crippen molar-refractivity contribution in [3.8, 4) is 5.75 Å². The number of esters is 1. The normalized spacial score (nSPS) is 13.4. The fraction of sp³-hybridized carbons (Fsp3) is 0.391. The van der Waals surface area contributed by atoms with Gasteiger partial charge in [-0.1, -0.05) is 29.5 Å². The fourth-order valence-corrected chi connectivity index (χ4v) is 4.46. The Morgan fingerprint density at radius 3 is 2.76 bits per heavy atom. The Balaban J connectivity index is 1.58. The average molecular weight is 484 g/mol. The summed E-state index contributed by atoms with van der Waals surface area (Å²) in [6, 6.07) is 9.81. The predicted molar refractivity (Wildman–Crippen MR) is 134 cm³/mol. The van der Waals surface area contributed by atoms with Gasteiger partial charge in [-0.3, -0.25) is 5.32 Å². The van der Waals surface area contributed by atoms with Crippen molar-refractivity contribution in [2.75, 3.05) is 55.4 Å². The standard InChI is InChI=1S/C23H29N7O3S/c1-4-33-21(31)20-15(2)26-23(34-20)29-22-27-18(13-19(28-22)30-11-9-24-10-12-30)25-14-16-7-5-6-8-17(16)32-3/h5-8,13,24H,4,9-12,14H2,1-3H3,(H2,25,26,27,28,29). The summed E-state index contributed by atoms with van der Waals surface area (Å²) >= 11 is 1.23. The molecule has 1 saturated heterocycles. The third kappa shape index (κ3) is 5.72. The minimum Gasteiger partial charge on any atom is -0.496 e. The van der Waals surface area contributed by atoms with Gasteiger partial charge < -0.3 is 25.0 Å². The second-order valence-electron chi connectivity index (χ2n) is 7.62. The third-order valence-corrected chi connectivity index (χ3v) is 6.34. The molecule has 1 aliphatic rings. The van der Waals surface area contributed by atoms with E-state index in [1.807, 2.05) is 30.3 Å². The number of methoxy groups -OCH3 is 1. The van der Waals surface area contributed by atoms with Gasteiger partial charge in [-0.2, -0.15) is 9.97 Å². The first-order valence-electron chi connectivity index (χ1n) is 11.2. The van der Waals surface area contributed by atoms with Crippen molar-refractivity contribution in [2.24, 2.45) is 0 Å². The number of carbonyl (C=O) groups excluding carboxylic acids is 1. The second kappa shape index (κ2) is 11.1. The van der Waals surface area contributed by atoms with Crippen molar-refractivity contribution in [1.29, 1.82) is 0 Å². The van der Waals surface area contributed by atoms with E-state index in [4.69, 9.17) is 14.5 Å². The zero-order chi connectivity index (χ0) is 23.9. The number of anilines is 4. The smallest absolute Gasteiger partial charge is 0.350 e. The largest absolute Gasteiger partial charge is 0.496 e. The number of thiazole rings is 1. The molecule has 0 unspecified atom stereocenters. The molecule has 0 aliphatic carbocycles. The molecule has 34 heavy (non-hydrogen) atoms. The summed E-state index contributed by atoms with van der Waals surface area (Å²) in [7, 11) is 1.66. The monoisotopic (exact) mass is 483 g/mol. The van der Waals surface area contributed by atoms with E-state index < -0.39 is 0 Å². The number of para-hydroxylation sites is 1. The Hall–Kier alpha value is -3.44. The van der Waals surface area contributed by atoms with Gasteiger partial charge in [0.1, 0.15) is 22.3 Å². The van der Waals surface area contributed by atoms with Crippen molar-refractivity contribution < 1.29 is 14.3 Å². The van der Waals surface area contributed by atoms with E-state index in [1.165, 1.54) is 11.3 Å². The maximum Gasteiger partial charge on any atom is 0.350 e. The lowest BCUT2D eigenvalue weighted by Gasteiger charge is -2.28. The molecule has 2 aromatic heterocycles. The van der Waals surface area contributed by atoms with Crippen LogP contribution in [0.15, 0.2) is 30.3 Å². The lowest BCUT2D eigenvalue weighted by Crippen LogP contribution is -2.44. The minimum atomic E-state index is -0.375. The van der Waals surface area contributed by atoms with Crippen molar-refractivity contribution in [3.63, 3.8) is 0 Å². The highest BCUT2D eigenvalue weighted by atomic mass is 32.1. The van der Waals surface area contributed by atoms with Crippen LogP contribution in [0.4, 0.5) is 22.7 Å². The van der Waals surface area contributed by atoms with E-state index in [0.717, 1.165) is 43.3 Å². The summed E-state index contributed by atoms with van der Waals surface area (Å²) in [4.78, 5) is 28.7. The Bertz CT molecular complexity index is 1130. The second-order valence-corrected chi connectivity index (χ2v) is 8.62. The molecule has 0 atom stereocenters. The van der Waals surface area contributed by atoms with Crippen molar-refractivity contribution >= 4 is 40.0 Å². The van der Waals surface area contributed by atoms with Crippen LogP contribution >= 0.6 is 11.3 Å². The predicted octanol–water partition coefficient (Wildman–Crippen LogP) is 3.19. The van der Waals surface area contributed by atoms with E-state index in [0.29, 0.717) is 40.6 Å². The van der Waals surface area contributed by atoms with Crippen LogP contribution in [0.3, 0.4) is 0 Å². The molecule has 11 heteroatoms. The third-order valence-electron chi connectivity index (χ3n) is 5.28. The lowest BCUT2D eigenvalue weighted by atomic mass is 10.2. The number of piperazine rings is 1. The number of aromatic nitrogens is 3. The van der Waals surface area contributed by atoms with E-state index >= 15 is 0 Å². The van der Waals surface area contributed by atoms with Gasteiger partial charge in [0.05, 0.1) is 19.4 Å². The molecule has 180 valence electrons. The molecule has 0 saturated carbocycles. The molecule has 10 nitrogen and oxygen atoms in total. The average Bonchev–Trinajstić information content (AvgIpc) is 3.23. The molecule has 1 aromatic carbocycles. The van der Waals surface area contributed by atoms with Crippen LogP contribution in [0, 0.1) is 6.92 Å². The molecule has 3 heterocycles. The number of carbonyl (C=O) groups is 1. The highest BCUT2D eigenvalue weighted by molar-refractivity contribution is 7.17. The van der Waals surface area contributed by atoms with Crippen LogP contribution in [0.5, 0.6) is 5.75 Å². The SMILES string of the molecule is CCOC(=O)c1sc(Nc2nc(NCc3ccccc3OC)cc(N3CCNCC3)n2)nc1C. The summed E-state index contributed by atoms with van der Waals surface area (Å²) in [5.41, 5.74) is 1.63. The number of benzene rings is 1. The summed E-state index contributed by atoms with van der Waals surface area (Å²) in [6.45, 7) is 7.92. The zero-order valence-corrected chi connectivity index (χ0v) is 20.4. The van der Waals surface area contributed by atoms with Crippen molar-refractivity contribution in [3.05, 3.63) is 46.5 Å². The van der Waals surface area contributed by atoms with Gasteiger partial charge in [0.15, 0.2) is 5.13 Å². The quantitative estimate of drug-likeness (QED) is 0.392. The van der Waals surface area contributed by atoms with Crippen molar-refractivity contribution in [2.45, 2.75) is 20.4 Å². The van der Waals surface area contributed by atoms with Gasteiger partial charge in [-0.05, 0) is 19.9 Å². The summed E-state index contributed by atoms with van der Waals surface area (Å²) in [5, 5.41) is 10.5. The number of aryl methyl sites for hydroxylation is 1. The van der Waals surface area contributed by atoms with E-state index in [1.54, 1.807) is 21.0 Å². The Morgan fingerprint density at radius 1 is 1.21 bits per heavy atom. The van der Waals surface area contributed by atoms with Crippen LogP contribution in [-0.2, 0) is 11.3 Å². The molecule has 3 aromatic rings. The molecular formula is C23H29N7O3S. The van der Waals surface area contributed by atoms with Crippen LogP contribution in [0.1, 0.15) is 27.9 Å². The number of nitrogens with one attached hydrogen (secondary N) is 3. The molecule has 1 fully saturated rings. The topological polar surface area (TPSA) is 114 Å². The van der Waals surface area contributed by atoms with Crippen LogP contribution in [0.25, 0.3) is 0 Å². The number of hydrogen-bond donors (Lipinski definition) is 3. The molecule has 0 radical (unpaired) electrons. The van der Waals surface area contributed by atoms with Crippen LogP contribution < -0.4 is 25.6 Å². The molecule has 0 bridgehead atoms. The fourth-order valence-electron chi connectivity index (χ4n) is 3.60. The maximum atomic E-state index is 12.2. The Kier molecular flexibility index (Phi) is 7.76. The first-order valence-corrected chi connectivity index (χ1v) is 12.0. The van der Waals surface area contributed by atoms with Crippen molar-refractivity contribution in [1.82, 2.24) is 20.3 Å². The molecule has 3 N–H and O–H groups in total. The summed E-state index contributed by atoms with van der Waals surface area (Å²) < 4.78 is 10.6. The Morgan fingerprint density at radius 2 is 2.00 bits per heavy atom. The van der Waals surface area contributed by atoms with Gasteiger partial charge in [0.25, 0.3) is 0 Å². The minimum absolute atomic E-state index is 0.315. The highest BCUT2D eigenvalue weighted by Crippen LogP contribution is 2.27. The number of nitrogens with zero attached hydrogens (tertiary/aromatic N) is 4. The van der Waals surface area contributed by atoms with Gasteiger partial charge >= 0.3 is 5.97 Å². The number of rotatable bonds is 9. The highest BCUT2D eigenvalue weighted by Gasteiger charge is 2.19. The van der Waals surface area contributed by atoms with Gasteiger partial charge in [-0.15, -0.1) is 0 Å². The summed E-state index contributed by atoms with van der Waals surface area (Å²) in [5.74, 6) is 2.34. The molecular weight excluding hydrogens is 454 g/mol. The zero-order valence-electron chi connectivity index (χ0n) is 19.6. The number of hydrogen-bond acceptors (Lipinski definition) is 11. The summed E-state index contributed by atoms with van der Waals surface area (Å²) in [6.07, 6.45) is 0. The van der Waals surface area contributed by atoms with E-state index in [2.05, 4.69) is 30.8 Å². The van der Waals surface area contributed by atoms with E-state index in [-0.39, 0.29) is 5.97 Å². The van der Waals surface area contributed by atoms with Gasteiger partial charge in [0, 0.05) is 44.4 Å². The van der Waals surface area contributed by atoms with Crippen LogP contribution in [-0.4, -0.2) is 60.8 Å². The first-order chi connectivity index (χ1) is 16.6. The molecule has 1 aliphatic heterocycles. The van der Waals surface area contributed by atoms with Gasteiger partial charge in [-0.25, -0.2) is 9.78 Å². The molecule has 4 rings (SSSR count). The Labute approximate surface area is 202 Å².